The fraction of sp³-hybridized carbons (Fsp3) is 0.636. The van der Waals surface area contributed by atoms with Gasteiger partial charge in [-0.25, -0.2) is 4.98 Å². The standard InChI is InChI=1S/C11H19N3O/c1-4-10-12-5-6-14(10)8-11(15)13-7-9(2)3/h5-6,9H,4,7-8H2,1-3H3,(H,13,15). The molecule has 4 nitrogen and oxygen atoms in total. The van der Waals surface area contributed by atoms with Crippen molar-refractivity contribution in [3.63, 3.8) is 0 Å². The number of nitrogens with one attached hydrogen (secondary N) is 1. The third kappa shape index (κ3) is 3.73. The lowest BCUT2D eigenvalue weighted by Crippen LogP contribution is -2.30. The molecule has 0 fully saturated rings. The molecule has 4 heteroatoms. The lowest BCUT2D eigenvalue weighted by molar-refractivity contribution is -0.121. The number of rotatable bonds is 5. The van der Waals surface area contributed by atoms with E-state index in [1.54, 1.807) is 6.20 Å². The van der Waals surface area contributed by atoms with Gasteiger partial charge in [0.1, 0.15) is 12.4 Å². The third-order valence-corrected chi connectivity index (χ3v) is 2.14. The molecule has 0 aliphatic carbocycles. The Morgan fingerprint density at radius 1 is 1.60 bits per heavy atom. The number of nitrogens with zero attached hydrogens (tertiary/aromatic N) is 2. The normalized spacial score (nSPS) is 10.7. The lowest BCUT2D eigenvalue weighted by Gasteiger charge is -2.09. The van der Waals surface area contributed by atoms with Gasteiger partial charge in [-0.1, -0.05) is 20.8 Å². The second-order valence-corrected chi connectivity index (χ2v) is 4.02. The fourth-order valence-corrected chi connectivity index (χ4v) is 1.33. The summed E-state index contributed by atoms with van der Waals surface area (Å²) in [5.74, 6) is 1.49. The topological polar surface area (TPSA) is 46.9 Å². The number of carbonyl (C=O) groups is 1. The molecule has 0 aliphatic heterocycles. The Morgan fingerprint density at radius 2 is 2.33 bits per heavy atom. The summed E-state index contributed by atoms with van der Waals surface area (Å²) in [5, 5.41) is 2.88. The Hall–Kier alpha value is -1.32. The molecule has 1 aromatic heterocycles. The molecule has 1 amide bonds. The number of hydrogen-bond acceptors (Lipinski definition) is 2. The second-order valence-electron chi connectivity index (χ2n) is 4.02. The molecular weight excluding hydrogens is 190 g/mol. The van der Waals surface area contributed by atoms with Crippen molar-refractivity contribution in [1.29, 1.82) is 0 Å². The minimum atomic E-state index is 0.0522. The van der Waals surface area contributed by atoms with Gasteiger partial charge in [-0.05, 0) is 5.92 Å². The average Bonchev–Trinajstić information content (AvgIpc) is 2.62. The molecule has 0 radical (unpaired) electrons. The van der Waals surface area contributed by atoms with Crippen molar-refractivity contribution in [2.75, 3.05) is 6.54 Å². The van der Waals surface area contributed by atoms with Gasteiger partial charge in [0.05, 0.1) is 0 Å². The van der Waals surface area contributed by atoms with Gasteiger partial charge in [0.25, 0.3) is 0 Å². The summed E-state index contributed by atoms with van der Waals surface area (Å²) < 4.78 is 1.88. The summed E-state index contributed by atoms with van der Waals surface area (Å²) >= 11 is 0. The summed E-state index contributed by atoms with van der Waals surface area (Å²) in [7, 11) is 0. The first kappa shape index (κ1) is 11.8. The molecule has 0 unspecified atom stereocenters. The number of amides is 1. The number of aromatic nitrogens is 2. The third-order valence-electron chi connectivity index (χ3n) is 2.14. The minimum Gasteiger partial charge on any atom is -0.354 e. The summed E-state index contributed by atoms with van der Waals surface area (Å²) in [6.45, 7) is 7.29. The van der Waals surface area contributed by atoms with Crippen LogP contribution in [0.5, 0.6) is 0 Å². The molecule has 1 N–H and O–H groups in total. The Morgan fingerprint density at radius 3 is 2.93 bits per heavy atom. The van der Waals surface area contributed by atoms with Crippen molar-refractivity contribution >= 4 is 5.91 Å². The molecule has 0 aliphatic rings. The lowest BCUT2D eigenvalue weighted by atomic mass is 10.2. The number of hydrogen-bond donors (Lipinski definition) is 1. The van der Waals surface area contributed by atoms with Crippen molar-refractivity contribution in [3.05, 3.63) is 18.2 Å². The number of carbonyl (C=O) groups excluding carboxylic acids is 1. The van der Waals surface area contributed by atoms with Crippen LogP contribution in [0.25, 0.3) is 0 Å². The van der Waals surface area contributed by atoms with Gasteiger partial charge >= 0.3 is 0 Å². The van der Waals surface area contributed by atoms with Gasteiger partial charge < -0.3 is 9.88 Å². The summed E-state index contributed by atoms with van der Waals surface area (Å²) in [6, 6.07) is 0. The van der Waals surface area contributed by atoms with Gasteiger partial charge in [0.15, 0.2) is 0 Å². The maximum absolute atomic E-state index is 11.5. The molecular formula is C11H19N3O. The molecule has 0 atom stereocenters. The Balaban J connectivity index is 2.44. The zero-order valence-electron chi connectivity index (χ0n) is 9.66. The van der Waals surface area contributed by atoms with Gasteiger partial charge in [0, 0.05) is 25.4 Å². The monoisotopic (exact) mass is 209 g/mol. The van der Waals surface area contributed by atoms with Crippen LogP contribution in [-0.4, -0.2) is 22.0 Å². The van der Waals surface area contributed by atoms with Crippen LogP contribution >= 0.6 is 0 Å². The molecule has 15 heavy (non-hydrogen) atoms. The van der Waals surface area contributed by atoms with E-state index in [1.165, 1.54) is 0 Å². The fourth-order valence-electron chi connectivity index (χ4n) is 1.33. The van der Waals surface area contributed by atoms with Gasteiger partial charge in [-0.2, -0.15) is 0 Å². The van der Waals surface area contributed by atoms with Crippen LogP contribution < -0.4 is 5.32 Å². The Bertz CT molecular complexity index is 317. The largest absolute Gasteiger partial charge is 0.354 e. The molecule has 1 rings (SSSR count). The van der Waals surface area contributed by atoms with Gasteiger partial charge in [-0.3, -0.25) is 4.79 Å². The molecule has 0 saturated carbocycles. The number of imidazole rings is 1. The average molecular weight is 209 g/mol. The van der Waals surface area contributed by atoms with Gasteiger partial charge in [0.2, 0.25) is 5.91 Å². The maximum Gasteiger partial charge on any atom is 0.239 e. The first-order valence-electron chi connectivity index (χ1n) is 5.40. The van der Waals surface area contributed by atoms with E-state index in [4.69, 9.17) is 0 Å². The highest BCUT2D eigenvalue weighted by Crippen LogP contribution is 1.98. The summed E-state index contributed by atoms with van der Waals surface area (Å²) in [5.41, 5.74) is 0. The van der Waals surface area contributed by atoms with Crippen LogP contribution in [0.1, 0.15) is 26.6 Å². The minimum absolute atomic E-state index is 0.0522. The van der Waals surface area contributed by atoms with E-state index in [0.717, 1.165) is 18.8 Å². The van der Waals surface area contributed by atoms with Gasteiger partial charge in [-0.15, -0.1) is 0 Å². The quantitative estimate of drug-likeness (QED) is 0.792. The van der Waals surface area contributed by atoms with Crippen LogP contribution in [0.2, 0.25) is 0 Å². The van der Waals surface area contributed by atoms with Crippen LogP contribution in [0, 0.1) is 5.92 Å². The second kappa shape index (κ2) is 5.53. The predicted molar refractivity (Wildman–Crippen MR) is 59.5 cm³/mol. The highest BCUT2D eigenvalue weighted by molar-refractivity contribution is 5.75. The summed E-state index contributed by atoms with van der Waals surface area (Å²) in [4.78, 5) is 15.7. The van der Waals surface area contributed by atoms with Crippen LogP contribution in [0.15, 0.2) is 12.4 Å². The van der Waals surface area contributed by atoms with Crippen molar-refractivity contribution < 1.29 is 4.79 Å². The van der Waals surface area contributed by atoms with Crippen molar-refractivity contribution in [1.82, 2.24) is 14.9 Å². The van der Waals surface area contributed by atoms with Crippen LogP contribution in [-0.2, 0) is 17.8 Å². The smallest absolute Gasteiger partial charge is 0.239 e. The number of aryl methyl sites for hydroxylation is 1. The summed E-state index contributed by atoms with van der Waals surface area (Å²) in [6.07, 6.45) is 4.42. The Labute approximate surface area is 90.7 Å². The highest BCUT2D eigenvalue weighted by atomic mass is 16.1. The van der Waals surface area contributed by atoms with Crippen molar-refractivity contribution in [2.45, 2.75) is 33.7 Å². The molecule has 0 spiro atoms. The van der Waals surface area contributed by atoms with Crippen LogP contribution in [0.3, 0.4) is 0 Å². The van der Waals surface area contributed by atoms with E-state index in [1.807, 2.05) is 17.7 Å². The van der Waals surface area contributed by atoms with E-state index in [0.29, 0.717) is 12.5 Å². The maximum atomic E-state index is 11.5. The van der Waals surface area contributed by atoms with Crippen LogP contribution in [0.4, 0.5) is 0 Å². The molecule has 84 valence electrons. The highest BCUT2D eigenvalue weighted by Gasteiger charge is 2.06. The van der Waals surface area contributed by atoms with E-state index < -0.39 is 0 Å². The first-order chi connectivity index (χ1) is 7.13. The molecule has 0 bridgehead atoms. The van der Waals surface area contributed by atoms with E-state index in [-0.39, 0.29) is 5.91 Å². The van der Waals surface area contributed by atoms with Crippen molar-refractivity contribution in [2.24, 2.45) is 5.92 Å². The van der Waals surface area contributed by atoms with E-state index >= 15 is 0 Å². The van der Waals surface area contributed by atoms with E-state index in [2.05, 4.69) is 24.1 Å². The van der Waals surface area contributed by atoms with Crippen molar-refractivity contribution in [3.8, 4) is 0 Å². The molecule has 0 aromatic carbocycles. The molecule has 1 aromatic rings. The SMILES string of the molecule is CCc1nccn1CC(=O)NCC(C)C. The Kier molecular flexibility index (Phi) is 4.34. The first-order valence-corrected chi connectivity index (χ1v) is 5.40. The predicted octanol–water partition coefficient (Wildman–Crippen LogP) is 1.22. The molecule has 0 saturated heterocycles. The zero-order valence-corrected chi connectivity index (χ0v) is 9.66. The van der Waals surface area contributed by atoms with E-state index in [9.17, 15) is 4.79 Å². The molecule has 1 heterocycles. The zero-order chi connectivity index (χ0) is 11.3.